The van der Waals surface area contributed by atoms with Crippen LogP contribution in [0, 0.1) is 0 Å². The molecule has 0 unspecified atom stereocenters. The van der Waals surface area contributed by atoms with E-state index < -0.39 is 17.7 Å². The van der Waals surface area contributed by atoms with Crippen LogP contribution in [0.4, 0.5) is 0 Å². The van der Waals surface area contributed by atoms with Gasteiger partial charge in [0.1, 0.15) is 5.75 Å². The number of carbonyl (C=O) groups is 2. The smallest absolute Gasteiger partial charge is 0.290 e. The second-order valence-electron chi connectivity index (χ2n) is 9.16. The van der Waals surface area contributed by atoms with Crippen LogP contribution < -0.4 is 9.47 Å². The van der Waals surface area contributed by atoms with Crippen molar-refractivity contribution in [3.05, 3.63) is 101 Å². The van der Waals surface area contributed by atoms with Crippen LogP contribution in [0.2, 0.25) is 0 Å². The van der Waals surface area contributed by atoms with E-state index in [9.17, 15) is 19.8 Å². The molecule has 0 aliphatic carbocycles. The van der Waals surface area contributed by atoms with Crippen molar-refractivity contribution in [3.63, 3.8) is 0 Å². The van der Waals surface area contributed by atoms with Crippen molar-refractivity contribution in [2.45, 2.75) is 18.9 Å². The number of nitrogens with one attached hydrogen (secondary N) is 1. The molecular formula is C30H28N2O6. The van der Waals surface area contributed by atoms with Gasteiger partial charge in [-0.15, -0.1) is 0 Å². The molecule has 2 heterocycles. The summed E-state index contributed by atoms with van der Waals surface area (Å²) in [6.07, 6.45) is 2.39. The molecule has 0 saturated heterocycles. The lowest BCUT2D eigenvalue weighted by Gasteiger charge is -2.27. The molecule has 1 aromatic heterocycles. The van der Waals surface area contributed by atoms with E-state index in [1.165, 1.54) is 18.1 Å². The summed E-state index contributed by atoms with van der Waals surface area (Å²) in [4.78, 5) is 31.6. The summed E-state index contributed by atoms with van der Waals surface area (Å²) in [7, 11) is 3.03. The maximum absolute atomic E-state index is 13.5. The number of phenolic OH excluding ortho intramolecular Hbond substituents is 1. The van der Waals surface area contributed by atoms with Crippen LogP contribution in [0.15, 0.2) is 84.3 Å². The summed E-state index contributed by atoms with van der Waals surface area (Å²) in [5.41, 5.74) is 3.27. The second kappa shape index (κ2) is 10.3. The molecule has 4 aromatic rings. The zero-order valence-corrected chi connectivity index (χ0v) is 21.1. The lowest BCUT2D eigenvalue weighted by atomic mass is 9.92. The molecule has 8 heteroatoms. The number of aromatic hydroxyl groups is 1. The molecule has 1 aliphatic rings. The van der Waals surface area contributed by atoms with E-state index in [4.69, 9.17) is 9.47 Å². The first-order valence-electron chi connectivity index (χ1n) is 12.2. The molecule has 5 rings (SSSR count). The number of hydrogen-bond donors (Lipinski definition) is 3. The fourth-order valence-electron chi connectivity index (χ4n) is 4.99. The Morgan fingerprint density at radius 2 is 1.79 bits per heavy atom. The average Bonchev–Trinajstić information content (AvgIpc) is 3.45. The zero-order valence-electron chi connectivity index (χ0n) is 21.1. The Labute approximate surface area is 219 Å². The highest BCUT2D eigenvalue weighted by atomic mass is 16.5. The highest BCUT2D eigenvalue weighted by molar-refractivity contribution is 6.09. The van der Waals surface area contributed by atoms with E-state index in [1.54, 1.807) is 19.2 Å². The Hall–Kier alpha value is -4.72. The molecule has 0 radical (unpaired) electrons. The molecule has 3 aromatic carbocycles. The van der Waals surface area contributed by atoms with Crippen LogP contribution in [-0.4, -0.2) is 52.6 Å². The molecule has 8 nitrogen and oxygen atoms in total. The molecule has 1 aliphatic heterocycles. The van der Waals surface area contributed by atoms with Crippen molar-refractivity contribution < 1.29 is 29.3 Å². The standard InChI is InChI=1S/C30H28N2O6/c1-37-21-9-10-23-22(16-21)20(17-31-23)12-13-32-28(19-8-11-24(33)26(15-19)38-2)27(29(35)30(32)36)25(34)14-18-6-4-3-5-7-18/h3-11,15-17,28,31,33,35H,12-14H2,1-2H3/t28-/m1/s1. The third kappa shape index (κ3) is 4.56. The number of phenols is 1. The van der Waals surface area contributed by atoms with Gasteiger partial charge in [-0.2, -0.15) is 0 Å². The van der Waals surface area contributed by atoms with Crippen LogP contribution >= 0.6 is 0 Å². The number of rotatable bonds is 9. The first kappa shape index (κ1) is 25.0. The Bertz CT molecular complexity index is 1540. The number of nitrogens with zero attached hydrogens (tertiary/aromatic N) is 1. The van der Waals surface area contributed by atoms with E-state index in [0.717, 1.165) is 27.8 Å². The van der Waals surface area contributed by atoms with Gasteiger partial charge < -0.3 is 29.6 Å². The minimum atomic E-state index is -0.840. The van der Waals surface area contributed by atoms with E-state index in [-0.39, 0.29) is 35.8 Å². The minimum Gasteiger partial charge on any atom is -0.504 e. The van der Waals surface area contributed by atoms with Gasteiger partial charge in [-0.1, -0.05) is 36.4 Å². The summed E-state index contributed by atoms with van der Waals surface area (Å²) in [5, 5.41) is 22.1. The van der Waals surface area contributed by atoms with Crippen LogP contribution in [0.25, 0.3) is 10.9 Å². The SMILES string of the molecule is COc1ccc2[nH]cc(CCN3C(=O)C(O)=C(C(=O)Cc4ccccc4)[C@H]3c3ccc(O)c(OC)c3)c2c1. The van der Waals surface area contributed by atoms with E-state index >= 15 is 0 Å². The van der Waals surface area contributed by atoms with Crippen LogP contribution in [0.1, 0.15) is 22.7 Å². The quantitative estimate of drug-likeness (QED) is 0.301. The average molecular weight is 513 g/mol. The molecule has 194 valence electrons. The monoisotopic (exact) mass is 512 g/mol. The number of aromatic amines is 1. The largest absolute Gasteiger partial charge is 0.504 e. The summed E-state index contributed by atoms with van der Waals surface area (Å²) in [6, 6.07) is 18.7. The Morgan fingerprint density at radius 3 is 2.53 bits per heavy atom. The van der Waals surface area contributed by atoms with Gasteiger partial charge >= 0.3 is 0 Å². The number of fused-ring (bicyclic) bond motifs is 1. The molecule has 1 atom stereocenters. The van der Waals surface area contributed by atoms with Crippen molar-refractivity contribution in [2.75, 3.05) is 20.8 Å². The fourth-order valence-corrected chi connectivity index (χ4v) is 4.99. The van der Waals surface area contributed by atoms with Crippen molar-refractivity contribution >= 4 is 22.6 Å². The zero-order chi connectivity index (χ0) is 26.8. The third-order valence-corrected chi connectivity index (χ3v) is 6.93. The minimum absolute atomic E-state index is 0.0344. The van der Waals surface area contributed by atoms with Gasteiger partial charge in [-0.05, 0) is 53.4 Å². The third-order valence-electron chi connectivity index (χ3n) is 6.93. The van der Waals surface area contributed by atoms with Crippen LogP contribution in [0.5, 0.6) is 17.2 Å². The number of amides is 1. The Kier molecular flexibility index (Phi) is 6.79. The first-order chi connectivity index (χ1) is 18.4. The molecule has 0 saturated carbocycles. The number of ether oxygens (including phenoxy) is 2. The van der Waals surface area contributed by atoms with Gasteiger partial charge in [0.25, 0.3) is 5.91 Å². The number of aliphatic hydroxyl groups is 1. The summed E-state index contributed by atoms with van der Waals surface area (Å²) < 4.78 is 10.6. The predicted octanol–water partition coefficient (Wildman–Crippen LogP) is 4.64. The number of carbonyl (C=O) groups excluding carboxylic acids is 2. The van der Waals surface area contributed by atoms with Gasteiger partial charge in [0.15, 0.2) is 23.0 Å². The van der Waals surface area contributed by atoms with Crippen molar-refractivity contribution in [3.8, 4) is 17.2 Å². The number of Topliss-reactive ketones (excluding diaryl/α,β-unsaturated/α-hetero) is 1. The number of aromatic nitrogens is 1. The Morgan fingerprint density at radius 1 is 1.00 bits per heavy atom. The van der Waals surface area contributed by atoms with Gasteiger partial charge in [-0.25, -0.2) is 0 Å². The lowest BCUT2D eigenvalue weighted by Crippen LogP contribution is -2.33. The van der Waals surface area contributed by atoms with Crippen molar-refractivity contribution in [1.29, 1.82) is 0 Å². The molecule has 3 N–H and O–H groups in total. The number of benzene rings is 3. The van der Waals surface area contributed by atoms with Gasteiger partial charge in [0.2, 0.25) is 0 Å². The number of hydrogen-bond acceptors (Lipinski definition) is 6. The second-order valence-corrected chi connectivity index (χ2v) is 9.16. The fraction of sp³-hybridized carbons (Fsp3) is 0.200. The number of methoxy groups -OCH3 is 2. The number of ketones is 1. The first-order valence-corrected chi connectivity index (χ1v) is 12.2. The number of aliphatic hydroxyl groups excluding tert-OH is 1. The van der Waals surface area contributed by atoms with Gasteiger partial charge in [0.05, 0.1) is 25.8 Å². The molecular weight excluding hydrogens is 484 g/mol. The summed E-state index contributed by atoms with van der Waals surface area (Å²) >= 11 is 0. The summed E-state index contributed by atoms with van der Waals surface area (Å²) in [6.45, 7) is 0.239. The molecule has 0 spiro atoms. The maximum atomic E-state index is 13.5. The number of H-pyrrole nitrogens is 1. The molecule has 0 fully saturated rings. The normalized spacial score (nSPS) is 15.4. The highest BCUT2D eigenvalue weighted by Crippen LogP contribution is 2.41. The van der Waals surface area contributed by atoms with E-state index in [0.29, 0.717) is 12.0 Å². The highest BCUT2D eigenvalue weighted by Gasteiger charge is 2.43. The van der Waals surface area contributed by atoms with Crippen LogP contribution in [0.3, 0.4) is 0 Å². The molecule has 1 amide bonds. The van der Waals surface area contributed by atoms with Gasteiger partial charge in [-0.3, -0.25) is 9.59 Å². The predicted molar refractivity (Wildman–Crippen MR) is 142 cm³/mol. The van der Waals surface area contributed by atoms with Crippen molar-refractivity contribution in [2.24, 2.45) is 0 Å². The maximum Gasteiger partial charge on any atom is 0.290 e. The van der Waals surface area contributed by atoms with Crippen molar-refractivity contribution in [1.82, 2.24) is 9.88 Å². The van der Waals surface area contributed by atoms with E-state index in [1.807, 2.05) is 54.7 Å². The lowest BCUT2D eigenvalue weighted by molar-refractivity contribution is -0.129. The molecule has 38 heavy (non-hydrogen) atoms. The summed E-state index contributed by atoms with van der Waals surface area (Å²) in [5.74, 6) is -0.652. The van der Waals surface area contributed by atoms with E-state index in [2.05, 4.69) is 4.98 Å². The van der Waals surface area contributed by atoms with Crippen LogP contribution in [-0.2, 0) is 22.4 Å². The topological polar surface area (TPSA) is 112 Å². The molecule has 0 bridgehead atoms. The Balaban J connectivity index is 1.50. The van der Waals surface area contributed by atoms with Gasteiger partial charge in [0, 0.05) is 30.1 Å².